The highest BCUT2D eigenvalue weighted by Gasteiger charge is 2.11. The minimum atomic E-state index is 0.174. The molecule has 1 atom stereocenters. The third-order valence-electron chi connectivity index (χ3n) is 2.85. The standard InChI is InChI=1S/C13H21N5O/c1-5-6-12-15-16-13(19-12)14-10(3)8-18-11(4)7-9(2)17-18/h7,10H,5-6,8H2,1-4H3,(H,14,16)/t10-/m0/s1. The molecule has 6 nitrogen and oxygen atoms in total. The quantitative estimate of drug-likeness (QED) is 0.866. The van der Waals surface area contributed by atoms with Gasteiger partial charge in [-0.3, -0.25) is 4.68 Å². The van der Waals surface area contributed by atoms with E-state index in [1.807, 2.05) is 11.6 Å². The first kappa shape index (κ1) is 13.6. The first-order valence-electron chi connectivity index (χ1n) is 6.68. The Hall–Kier alpha value is -1.85. The topological polar surface area (TPSA) is 68.8 Å². The molecule has 0 aliphatic carbocycles. The highest BCUT2D eigenvalue weighted by atomic mass is 16.4. The van der Waals surface area contributed by atoms with Crippen LogP contribution < -0.4 is 5.32 Å². The Morgan fingerprint density at radius 1 is 1.37 bits per heavy atom. The van der Waals surface area contributed by atoms with Gasteiger partial charge >= 0.3 is 6.01 Å². The minimum absolute atomic E-state index is 0.174. The van der Waals surface area contributed by atoms with Gasteiger partial charge in [-0.05, 0) is 33.3 Å². The lowest BCUT2D eigenvalue weighted by atomic mass is 10.3. The van der Waals surface area contributed by atoms with Crippen LogP contribution in [-0.2, 0) is 13.0 Å². The highest BCUT2D eigenvalue weighted by Crippen LogP contribution is 2.10. The Bertz CT molecular complexity index is 531. The molecule has 1 N–H and O–H groups in total. The highest BCUT2D eigenvalue weighted by molar-refractivity contribution is 5.19. The third kappa shape index (κ3) is 3.56. The van der Waals surface area contributed by atoms with Gasteiger partial charge in [0.2, 0.25) is 5.89 Å². The fourth-order valence-electron chi connectivity index (χ4n) is 2.00. The van der Waals surface area contributed by atoms with Gasteiger partial charge in [0.25, 0.3) is 0 Å². The SMILES string of the molecule is CCCc1nnc(N[C@@H](C)Cn2nc(C)cc2C)o1. The molecule has 0 spiro atoms. The van der Waals surface area contributed by atoms with Crippen LogP contribution >= 0.6 is 0 Å². The predicted octanol–water partition coefficient (Wildman–Crippen LogP) is 2.34. The van der Waals surface area contributed by atoms with Crippen molar-refractivity contribution >= 4 is 6.01 Å². The average Bonchev–Trinajstić information content (AvgIpc) is 2.87. The molecule has 0 radical (unpaired) electrons. The molecule has 19 heavy (non-hydrogen) atoms. The van der Waals surface area contributed by atoms with Crippen LogP contribution in [0.3, 0.4) is 0 Å². The largest absolute Gasteiger partial charge is 0.408 e. The molecule has 0 fully saturated rings. The minimum Gasteiger partial charge on any atom is -0.408 e. The number of anilines is 1. The van der Waals surface area contributed by atoms with Crippen molar-refractivity contribution < 1.29 is 4.42 Å². The maximum absolute atomic E-state index is 5.50. The van der Waals surface area contributed by atoms with E-state index >= 15 is 0 Å². The number of rotatable bonds is 6. The Balaban J connectivity index is 1.93. The molecule has 0 saturated heterocycles. The van der Waals surface area contributed by atoms with Gasteiger partial charge in [0, 0.05) is 18.2 Å². The fraction of sp³-hybridized carbons (Fsp3) is 0.615. The van der Waals surface area contributed by atoms with Crippen molar-refractivity contribution in [2.75, 3.05) is 5.32 Å². The van der Waals surface area contributed by atoms with Crippen LogP contribution in [0.1, 0.15) is 37.5 Å². The first-order chi connectivity index (χ1) is 9.08. The van der Waals surface area contributed by atoms with Crippen LogP contribution in [0, 0.1) is 13.8 Å². The summed E-state index contributed by atoms with van der Waals surface area (Å²) >= 11 is 0. The lowest BCUT2D eigenvalue weighted by Crippen LogP contribution is -2.23. The summed E-state index contributed by atoms with van der Waals surface area (Å²) in [5, 5.41) is 15.6. The molecule has 0 saturated carbocycles. The monoisotopic (exact) mass is 263 g/mol. The predicted molar refractivity (Wildman–Crippen MR) is 73.1 cm³/mol. The van der Waals surface area contributed by atoms with E-state index in [2.05, 4.69) is 47.5 Å². The molecule has 0 bridgehead atoms. The lowest BCUT2D eigenvalue weighted by molar-refractivity contribution is 0.482. The summed E-state index contributed by atoms with van der Waals surface area (Å²) in [6.07, 6.45) is 1.82. The van der Waals surface area contributed by atoms with E-state index in [9.17, 15) is 0 Å². The van der Waals surface area contributed by atoms with Gasteiger partial charge in [-0.25, -0.2) is 0 Å². The first-order valence-corrected chi connectivity index (χ1v) is 6.68. The van der Waals surface area contributed by atoms with Crippen molar-refractivity contribution in [1.82, 2.24) is 20.0 Å². The summed E-state index contributed by atoms with van der Waals surface area (Å²) in [6, 6.07) is 2.73. The van der Waals surface area contributed by atoms with Gasteiger partial charge in [0.1, 0.15) is 0 Å². The van der Waals surface area contributed by atoms with E-state index in [0.717, 1.165) is 30.8 Å². The second-order valence-electron chi connectivity index (χ2n) is 4.91. The van der Waals surface area contributed by atoms with Crippen molar-refractivity contribution in [2.45, 2.75) is 53.1 Å². The number of hydrogen-bond acceptors (Lipinski definition) is 5. The van der Waals surface area contributed by atoms with Crippen LogP contribution in [0.5, 0.6) is 0 Å². The van der Waals surface area contributed by atoms with Crippen molar-refractivity contribution in [3.05, 3.63) is 23.3 Å². The van der Waals surface area contributed by atoms with E-state index in [1.165, 1.54) is 0 Å². The normalized spacial score (nSPS) is 12.6. The maximum Gasteiger partial charge on any atom is 0.315 e. The zero-order valence-electron chi connectivity index (χ0n) is 12.0. The second-order valence-corrected chi connectivity index (χ2v) is 4.91. The molecule has 0 amide bonds. The molecule has 2 aromatic heterocycles. The number of aryl methyl sites for hydroxylation is 3. The Kier molecular flexibility index (Phi) is 4.19. The Morgan fingerprint density at radius 3 is 2.79 bits per heavy atom. The van der Waals surface area contributed by atoms with E-state index in [1.54, 1.807) is 0 Å². The number of hydrogen-bond donors (Lipinski definition) is 1. The van der Waals surface area contributed by atoms with Crippen LogP contribution in [0.25, 0.3) is 0 Å². The van der Waals surface area contributed by atoms with Crippen LogP contribution in [-0.4, -0.2) is 26.0 Å². The fourth-order valence-corrected chi connectivity index (χ4v) is 2.00. The molecule has 104 valence electrons. The number of aromatic nitrogens is 4. The van der Waals surface area contributed by atoms with Gasteiger partial charge in [-0.1, -0.05) is 12.0 Å². The molecular weight excluding hydrogens is 242 g/mol. The molecule has 6 heteroatoms. The lowest BCUT2D eigenvalue weighted by Gasteiger charge is -2.12. The summed E-state index contributed by atoms with van der Waals surface area (Å²) < 4.78 is 7.49. The second kappa shape index (κ2) is 5.86. The average molecular weight is 263 g/mol. The smallest absolute Gasteiger partial charge is 0.315 e. The van der Waals surface area contributed by atoms with Crippen LogP contribution in [0.2, 0.25) is 0 Å². The molecule has 0 aromatic carbocycles. The molecule has 0 aliphatic rings. The van der Waals surface area contributed by atoms with Crippen LogP contribution in [0.15, 0.2) is 10.5 Å². The number of nitrogens with zero attached hydrogens (tertiary/aromatic N) is 4. The summed E-state index contributed by atoms with van der Waals surface area (Å²) in [6.45, 7) is 8.98. The van der Waals surface area contributed by atoms with Gasteiger partial charge in [-0.2, -0.15) is 5.10 Å². The maximum atomic E-state index is 5.50. The van der Waals surface area contributed by atoms with Crippen molar-refractivity contribution in [2.24, 2.45) is 0 Å². The third-order valence-corrected chi connectivity index (χ3v) is 2.85. The molecule has 2 heterocycles. The van der Waals surface area contributed by atoms with Crippen molar-refractivity contribution in [1.29, 1.82) is 0 Å². The van der Waals surface area contributed by atoms with E-state index in [0.29, 0.717) is 11.9 Å². The molecular formula is C13H21N5O. The van der Waals surface area contributed by atoms with Crippen LogP contribution in [0.4, 0.5) is 6.01 Å². The Morgan fingerprint density at radius 2 is 2.16 bits per heavy atom. The summed E-state index contributed by atoms with van der Waals surface area (Å²) in [7, 11) is 0. The summed E-state index contributed by atoms with van der Waals surface area (Å²) in [5.74, 6) is 0.684. The van der Waals surface area contributed by atoms with Crippen molar-refractivity contribution in [3.63, 3.8) is 0 Å². The summed E-state index contributed by atoms with van der Waals surface area (Å²) in [5.41, 5.74) is 2.19. The zero-order chi connectivity index (χ0) is 13.8. The molecule has 2 rings (SSSR count). The van der Waals surface area contributed by atoms with E-state index < -0.39 is 0 Å². The molecule has 0 aliphatic heterocycles. The van der Waals surface area contributed by atoms with Gasteiger partial charge in [0.15, 0.2) is 0 Å². The zero-order valence-corrected chi connectivity index (χ0v) is 12.0. The van der Waals surface area contributed by atoms with E-state index in [4.69, 9.17) is 4.42 Å². The van der Waals surface area contributed by atoms with Crippen molar-refractivity contribution in [3.8, 4) is 0 Å². The van der Waals surface area contributed by atoms with Gasteiger partial charge in [0.05, 0.1) is 12.2 Å². The molecule has 0 unspecified atom stereocenters. The van der Waals surface area contributed by atoms with E-state index in [-0.39, 0.29) is 6.04 Å². The van der Waals surface area contributed by atoms with Gasteiger partial charge < -0.3 is 9.73 Å². The Labute approximate surface area is 113 Å². The summed E-state index contributed by atoms with van der Waals surface area (Å²) in [4.78, 5) is 0. The molecule has 2 aromatic rings. The van der Waals surface area contributed by atoms with Gasteiger partial charge in [-0.15, -0.1) is 5.10 Å². The number of nitrogens with one attached hydrogen (secondary N) is 1.